The Morgan fingerprint density at radius 2 is 1.85 bits per heavy atom. The molecule has 1 heterocycles. The monoisotopic (exact) mass is 370 g/mol. The molecule has 0 radical (unpaired) electrons. The molecule has 2 aromatic carbocycles. The first-order chi connectivity index (χ1) is 12.7. The maximum absolute atomic E-state index is 12.7. The van der Waals surface area contributed by atoms with Crippen molar-refractivity contribution in [3.63, 3.8) is 0 Å². The second-order valence-electron chi connectivity index (χ2n) is 5.83. The smallest absolute Gasteiger partial charge is 0.276 e. The molecule has 0 saturated heterocycles. The number of aromatic nitrogens is 3. The number of nitrogens with zero attached hydrogens (tertiary/aromatic N) is 4. The van der Waals surface area contributed by atoms with Gasteiger partial charge in [0.05, 0.1) is 19.3 Å². The third kappa shape index (κ3) is 4.47. The Labute approximate surface area is 156 Å². The largest absolute Gasteiger partial charge is 0.395 e. The first-order valence-corrected chi connectivity index (χ1v) is 8.63. The number of carbonyl (C=O) groups excluding carboxylic acids is 1. The highest BCUT2D eigenvalue weighted by Gasteiger charge is 2.19. The number of hydrogen-bond donors (Lipinski definition) is 1. The molecule has 1 amide bonds. The van der Waals surface area contributed by atoms with Crippen molar-refractivity contribution in [3.8, 4) is 0 Å². The quantitative estimate of drug-likeness (QED) is 0.694. The molecule has 0 aliphatic rings. The third-order valence-corrected chi connectivity index (χ3v) is 4.29. The van der Waals surface area contributed by atoms with E-state index in [1.165, 1.54) is 0 Å². The van der Waals surface area contributed by atoms with Crippen LogP contribution in [-0.2, 0) is 13.1 Å². The first kappa shape index (κ1) is 18.1. The van der Waals surface area contributed by atoms with Gasteiger partial charge in [-0.05, 0) is 17.2 Å². The Balaban J connectivity index is 1.73. The Hall–Kier alpha value is -2.70. The zero-order valence-electron chi connectivity index (χ0n) is 14.1. The number of aliphatic hydroxyl groups excluding tert-OH is 1. The molecule has 0 fully saturated rings. The molecular formula is C19H19ClN4O2. The Bertz CT molecular complexity index is 867. The molecule has 3 aromatic rings. The summed E-state index contributed by atoms with van der Waals surface area (Å²) in [6, 6.07) is 17.1. The summed E-state index contributed by atoms with van der Waals surface area (Å²) in [6.45, 7) is 0.938. The lowest BCUT2D eigenvalue weighted by molar-refractivity contribution is 0.0702. The molecule has 0 bridgehead atoms. The van der Waals surface area contributed by atoms with Gasteiger partial charge in [-0.25, -0.2) is 4.68 Å². The van der Waals surface area contributed by atoms with Crippen LogP contribution in [-0.4, -0.2) is 44.1 Å². The Morgan fingerprint density at radius 3 is 2.58 bits per heavy atom. The van der Waals surface area contributed by atoms with Crippen LogP contribution < -0.4 is 0 Å². The number of amides is 1. The fourth-order valence-electron chi connectivity index (χ4n) is 2.61. The summed E-state index contributed by atoms with van der Waals surface area (Å²) < 4.78 is 1.58. The van der Waals surface area contributed by atoms with Crippen molar-refractivity contribution in [2.45, 2.75) is 13.1 Å². The number of aliphatic hydroxyl groups is 1. The van der Waals surface area contributed by atoms with Crippen molar-refractivity contribution in [2.24, 2.45) is 0 Å². The van der Waals surface area contributed by atoms with E-state index in [0.29, 0.717) is 18.1 Å². The van der Waals surface area contributed by atoms with Crippen molar-refractivity contribution >= 4 is 17.5 Å². The molecule has 7 heteroatoms. The van der Waals surface area contributed by atoms with Gasteiger partial charge in [-0.1, -0.05) is 65.3 Å². The van der Waals surface area contributed by atoms with Crippen molar-refractivity contribution in [1.29, 1.82) is 0 Å². The molecule has 6 nitrogen and oxygen atoms in total. The van der Waals surface area contributed by atoms with Crippen LogP contribution in [0.5, 0.6) is 0 Å². The molecular weight excluding hydrogens is 352 g/mol. The van der Waals surface area contributed by atoms with Gasteiger partial charge in [0.1, 0.15) is 0 Å². The fourth-order valence-corrected chi connectivity index (χ4v) is 2.81. The van der Waals surface area contributed by atoms with Gasteiger partial charge in [-0.2, -0.15) is 0 Å². The van der Waals surface area contributed by atoms with Crippen molar-refractivity contribution in [1.82, 2.24) is 19.9 Å². The highest BCUT2D eigenvalue weighted by Crippen LogP contribution is 2.16. The molecule has 0 saturated carbocycles. The van der Waals surface area contributed by atoms with Crippen LogP contribution in [0.15, 0.2) is 60.8 Å². The topological polar surface area (TPSA) is 71.2 Å². The minimum Gasteiger partial charge on any atom is -0.395 e. The molecule has 1 N–H and O–H groups in total. The van der Waals surface area contributed by atoms with E-state index in [2.05, 4.69) is 10.3 Å². The number of carbonyl (C=O) groups is 1. The van der Waals surface area contributed by atoms with Gasteiger partial charge >= 0.3 is 0 Å². The summed E-state index contributed by atoms with van der Waals surface area (Å²) in [4.78, 5) is 14.3. The number of hydrogen-bond acceptors (Lipinski definition) is 4. The molecule has 0 aliphatic carbocycles. The molecule has 0 atom stereocenters. The van der Waals surface area contributed by atoms with Gasteiger partial charge in [0.2, 0.25) is 0 Å². The fraction of sp³-hybridized carbons (Fsp3) is 0.211. The van der Waals surface area contributed by atoms with Gasteiger partial charge in [-0.3, -0.25) is 4.79 Å². The summed E-state index contributed by atoms with van der Waals surface area (Å²) >= 11 is 6.16. The average Bonchev–Trinajstić information content (AvgIpc) is 3.12. The van der Waals surface area contributed by atoms with Crippen LogP contribution >= 0.6 is 11.6 Å². The van der Waals surface area contributed by atoms with E-state index < -0.39 is 0 Å². The normalized spacial score (nSPS) is 10.7. The van der Waals surface area contributed by atoms with Crippen LogP contribution in [0.4, 0.5) is 0 Å². The molecule has 0 spiro atoms. The summed E-state index contributed by atoms with van der Waals surface area (Å²) in [5, 5.41) is 17.9. The van der Waals surface area contributed by atoms with Gasteiger partial charge in [0.25, 0.3) is 5.91 Å². The van der Waals surface area contributed by atoms with Crippen LogP contribution in [0.25, 0.3) is 0 Å². The van der Waals surface area contributed by atoms with Gasteiger partial charge in [0.15, 0.2) is 5.69 Å². The van der Waals surface area contributed by atoms with E-state index in [0.717, 1.165) is 11.1 Å². The van der Waals surface area contributed by atoms with Gasteiger partial charge in [-0.15, -0.1) is 5.10 Å². The van der Waals surface area contributed by atoms with E-state index >= 15 is 0 Å². The van der Waals surface area contributed by atoms with E-state index in [9.17, 15) is 9.90 Å². The van der Waals surface area contributed by atoms with Gasteiger partial charge < -0.3 is 10.0 Å². The maximum Gasteiger partial charge on any atom is 0.276 e. The zero-order chi connectivity index (χ0) is 18.4. The van der Waals surface area contributed by atoms with Crippen LogP contribution in [0.3, 0.4) is 0 Å². The molecule has 26 heavy (non-hydrogen) atoms. The minimum absolute atomic E-state index is 0.119. The second kappa shape index (κ2) is 8.60. The molecule has 3 rings (SSSR count). The zero-order valence-corrected chi connectivity index (χ0v) is 14.9. The van der Waals surface area contributed by atoms with E-state index in [1.54, 1.807) is 15.8 Å². The van der Waals surface area contributed by atoms with Crippen LogP contribution in [0.1, 0.15) is 21.6 Å². The third-order valence-electron chi connectivity index (χ3n) is 3.92. The number of benzene rings is 2. The lowest BCUT2D eigenvalue weighted by Crippen LogP contribution is -2.33. The van der Waals surface area contributed by atoms with Crippen molar-refractivity contribution in [2.75, 3.05) is 13.2 Å². The number of halogens is 1. The Morgan fingerprint density at radius 1 is 1.12 bits per heavy atom. The van der Waals surface area contributed by atoms with Crippen LogP contribution in [0.2, 0.25) is 5.02 Å². The molecule has 1 aromatic heterocycles. The minimum atomic E-state index is -0.270. The SMILES string of the molecule is O=C(c1cn(Cc2ccccc2Cl)nn1)N(CCO)Cc1ccccc1. The van der Waals surface area contributed by atoms with Crippen LogP contribution in [0, 0.1) is 0 Å². The average molecular weight is 371 g/mol. The predicted molar refractivity (Wildman–Crippen MR) is 98.8 cm³/mol. The lowest BCUT2D eigenvalue weighted by Gasteiger charge is -2.20. The van der Waals surface area contributed by atoms with E-state index in [-0.39, 0.29) is 24.8 Å². The van der Waals surface area contributed by atoms with Gasteiger partial charge in [0, 0.05) is 18.1 Å². The standard InChI is InChI=1S/C19H19ClN4O2/c20-17-9-5-4-8-16(17)13-24-14-18(21-22-24)19(26)23(10-11-25)12-15-6-2-1-3-7-15/h1-9,14,25H,10-13H2. The van der Waals surface area contributed by atoms with Crippen molar-refractivity contribution < 1.29 is 9.90 Å². The maximum atomic E-state index is 12.7. The highest BCUT2D eigenvalue weighted by atomic mass is 35.5. The summed E-state index contributed by atoms with van der Waals surface area (Å²) in [5.74, 6) is -0.270. The predicted octanol–water partition coefficient (Wildman–Crippen LogP) is 2.61. The molecule has 134 valence electrons. The first-order valence-electron chi connectivity index (χ1n) is 8.25. The summed E-state index contributed by atoms with van der Waals surface area (Å²) in [6.07, 6.45) is 1.60. The summed E-state index contributed by atoms with van der Waals surface area (Å²) in [5.41, 5.74) is 2.12. The van der Waals surface area contributed by atoms with E-state index in [1.807, 2.05) is 54.6 Å². The Kier molecular flexibility index (Phi) is 5.99. The summed E-state index contributed by atoms with van der Waals surface area (Å²) in [7, 11) is 0. The lowest BCUT2D eigenvalue weighted by atomic mass is 10.2. The van der Waals surface area contributed by atoms with E-state index in [4.69, 9.17) is 11.6 Å². The second-order valence-corrected chi connectivity index (χ2v) is 6.24. The number of rotatable bonds is 7. The molecule has 0 aliphatic heterocycles. The van der Waals surface area contributed by atoms with Crippen molar-refractivity contribution in [3.05, 3.63) is 82.6 Å². The molecule has 0 unspecified atom stereocenters. The highest BCUT2D eigenvalue weighted by molar-refractivity contribution is 6.31.